The molecule has 1 N–H and O–H groups in total. The lowest BCUT2D eigenvalue weighted by atomic mass is 10.1. The maximum Gasteiger partial charge on any atom is 0.274 e. The third-order valence-electron chi connectivity index (χ3n) is 2.96. The first-order valence-electron chi connectivity index (χ1n) is 6.40. The Balaban J connectivity index is 2.07. The first-order valence-corrected chi connectivity index (χ1v) is 6.40. The fourth-order valence-electron chi connectivity index (χ4n) is 2.07. The Morgan fingerprint density at radius 3 is 2.43 bits per heavy atom. The Morgan fingerprint density at radius 1 is 1.14 bits per heavy atom. The minimum Gasteiger partial charge on any atom is -0.382 e. The van der Waals surface area contributed by atoms with Gasteiger partial charge in [0.25, 0.3) is 5.69 Å². The molecule has 0 radical (unpaired) electrons. The monoisotopic (exact) mass is 292 g/mol. The number of nitro groups is 1. The van der Waals surface area contributed by atoms with Gasteiger partial charge < -0.3 is 5.32 Å². The zero-order chi connectivity index (χ0) is 15.4. The summed E-state index contributed by atoms with van der Waals surface area (Å²) in [6, 6.07) is 9.35. The Hall–Kier alpha value is -2.50. The van der Waals surface area contributed by atoms with E-state index in [9.17, 15) is 18.9 Å². The molecule has 0 saturated heterocycles. The van der Waals surface area contributed by atoms with Crippen LogP contribution in [-0.2, 0) is 6.42 Å². The summed E-state index contributed by atoms with van der Waals surface area (Å²) in [6.45, 7) is 1.86. The Labute approximate surface area is 120 Å². The second kappa shape index (κ2) is 6.30. The minimum absolute atomic E-state index is 0.0862. The van der Waals surface area contributed by atoms with E-state index in [-0.39, 0.29) is 17.5 Å². The maximum atomic E-state index is 13.3. The Morgan fingerprint density at radius 2 is 1.81 bits per heavy atom. The first kappa shape index (κ1) is 14.9. The summed E-state index contributed by atoms with van der Waals surface area (Å²) in [5.41, 5.74) is 0.963. The van der Waals surface area contributed by atoms with Gasteiger partial charge in [0, 0.05) is 17.8 Å². The molecule has 0 spiro atoms. The van der Waals surface area contributed by atoms with Gasteiger partial charge in [-0.2, -0.15) is 0 Å². The summed E-state index contributed by atoms with van der Waals surface area (Å²) in [4.78, 5) is 10.0. The largest absolute Gasteiger partial charge is 0.382 e. The highest BCUT2D eigenvalue weighted by Gasteiger charge is 2.11. The number of non-ortho nitro benzene ring substituents is 1. The molecular weight excluding hydrogens is 278 g/mol. The third kappa shape index (κ3) is 4.24. The first-order chi connectivity index (χ1) is 9.94. The molecule has 21 heavy (non-hydrogen) atoms. The van der Waals surface area contributed by atoms with Crippen LogP contribution in [0.1, 0.15) is 12.5 Å². The highest BCUT2D eigenvalue weighted by Crippen LogP contribution is 2.21. The number of benzene rings is 2. The van der Waals surface area contributed by atoms with Gasteiger partial charge in [-0.25, -0.2) is 8.78 Å². The lowest BCUT2D eigenvalue weighted by Gasteiger charge is -2.15. The van der Waals surface area contributed by atoms with Gasteiger partial charge in [-0.3, -0.25) is 10.1 Å². The molecule has 110 valence electrons. The number of anilines is 1. The van der Waals surface area contributed by atoms with Crippen molar-refractivity contribution in [2.24, 2.45) is 0 Å². The van der Waals surface area contributed by atoms with Crippen LogP contribution in [-0.4, -0.2) is 11.0 Å². The van der Waals surface area contributed by atoms with Crippen LogP contribution in [0.3, 0.4) is 0 Å². The SMILES string of the molecule is CC(Cc1ccc(F)cc1)Nc1cc(F)cc([N+](=O)[O-])c1. The number of nitrogens with one attached hydrogen (secondary N) is 1. The molecule has 0 aromatic heterocycles. The Bertz CT molecular complexity index is 645. The lowest BCUT2D eigenvalue weighted by molar-refractivity contribution is -0.385. The van der Waals surface area contributed by atoms with Crippen molar-refractivity contribution in [1.29, 1.82) is 0 Å². The average Bonchev–Trinajstić information content (AvgIpc) is 2.40. The molecule has 0 amide bonds. The molecule has 2 aromatic carbocycles. The molecule has 0 bridgehead atoms. The topological polar surface area (TPSA) is 55.2 Å². The van der Waals surface area contributed by atoms with Gasteiger partial charge >= 0.3 is 0 Å². The predicted molar refractivity (Wildman–Crippen MR) is 76.2 cm³/mol. The van der Waals surface area contributed by atoms with Crippen LogP contribution in [0, 0.1) is 21.7 Å². The van der Waals surface area contributed by atoms with Crippen LogP contribution in [0.25, 0.3) is 0 Å². The minimum atomic E-state index is -0.666. The zero-order valence-corrected chi connectivity index (χ0v) is 11.3. The van der Waals surface area contributed by atoms with Gasteiger partial charge in [-0.1, -0.05) is 12.1 Å². The normalized spacial score (nSPS) is 12.0. The molecule has 0 heterocycles. The van der Waals surface area contributed by atoms with E-state index in [2.05, 4.69) is 5.32 Å². The van der Waals surface area contributed by atoms with E-state index in [1.807, 2.05) is 6.92 Å². The van der Waals surface area contributed by atoms with E-state index in [1.165, 1.54) is 24.3 Å². The fourth-order valence-corrected chi connectivity index (χ4v) is 2.07. The van der Waals surface area contributed by atoms with Crippen LogP contribution in [0.4, 0.5) is 20.2 Å². The van der Waals surface area contributed by atoms with Crippen LogP contribution < -0.4 is 5.32 Å². The molecular formula is C15H14F2N2O2. The number of nitrogens with zero attached hydrogens (tertiary/aromatic N) is 1. The van der Waals surface area contributed by atoms with Gasteiger partial charge in [0.15, 0.2) is 0 Å². The Kier molecular flexibility index (Phi) is 4.47. The molecule has 0 aliphatic rings. The van der Waals surface area contributed by atoms with E-state index in [0.29, 0.717) is 12.1 Å². The molecule has 0 saturated carbocycles. The molecule has 0 aliphatic carbocycles. The van der Waals surface area contributed by atoms with Gasteiger partial charge in [0.2, 0.25) is 0 Å². The van der Waals surface area contributed by atoms with Gasteiger partial charge in [-0.15, -0.1) is 0 Å². The van der Waals surface area contributed by atoms with Crippen molar-refractivity contribution in [3.63, 3.8) is 0 Å². The van der Waals surface area contributed by atoms with Crippen molar-refractivity contribution in [3.8, 4) is 0 Å². The van der Waals surface area contributed by atoms with E-state index in [1.54, 1.807) is 12.1 Å². The van der Waals surface area contributed by atoms with E-state index >= 15 is 0 Å². The molecule has 1 atom stereocenters. The molecule has 0 fully saturated rings. The number of hydrogen-bond donors (Lipinski definition) is 1. The van der Waals surface area contributed by atoms with E-state index < -0.39 is 10.7 Å². The molecule has 2 aromatic rings. The summed E-state index contributed by atoms with van der Waals surface area (Å²) >= 11 is 0. The van der Waals surface area contributed by atoms with Crippen LogP contribution >= 0.6 is 0 Å². The molecule has 6 heteroatoms. The summed E-state index contributed by atoms with van der Waals surface area (Å²) in [7, 11) is 0. The van der Waals surface area contributed by atoms with Gasteiger partial charge in [0.05, 0.1) is 11.0 Å². The van der Waals surface area contributed by atoms with Crippen LogP contribution in [0.2, 0.25) is 0 Å². The van der Waals surface area contributed by atoms with Crippen molar-refractivity contribution in [1.82, 2.24) is 0 Å². The van der Waals surface area contributed by atoms with Gasteiger partial charge in [-0.05, 0) is 37.1 Å². The lowest BCUT2D eigenvalue weighted by Crippen LogP contribution is -2.18. The third-order valence-corrected chi connectivity index (χ3v) is 2.96. The predicted octanol–water partition coefficient (Wildman–Crippen LogP) is 3.92. The van der Waals surface area contributed by atoms with E-state index in [4.69, 9.17) is 0 Å². The quantitative estimate of drug-likeness (QED) is 0.671. The van der Waals surface area contributed by atoms with Crippen LogP contribution in [0.15, 0.2) is 42.5 Å². The average molecular weight is 292 g/mol. The second-order valence-corrected chi connectivity index (χ2v) is 4.83. The number of halogens is 2. The fraction of sp³-hybridized carbons (Fsp3) is 0.200. The highest BCUT2D eigenvalue weighted by atomic mass is 19.1. The summed E-state index contributed by atoms with van der Waals surface area (Å²) in [5, 5.41) is 13.7. The molecule has 0 aliphatic heterocycles. The van der Waals surface area contributed by atoms with Crippen molar-refractivity contribution in [2.75, 3.05) is 5.32 Å². The van der Waals surface area contributed by atoms with E-state index in [0.717, 1.165) is 11.6 Å². The standard InChI is InChI=1S/C15H14F2N2O2/c1-10(6-11-2-4-12(16)5-3-11)18-14-7-13(17)8-15(9-14)19(20)21/h2-5,7-10,18H,6H2,1H3. The summed E-state index contributed by atoms with van der Waals surface area (Å²) in [6.07, 6.45) is 0.588. The van der Waals surface area contributed by atoms with Crippen molar-refractivity contribution in [2.45, 2.75) is 19.4 Å². The maximum absolute atomic E-state index is 13.3. The number of nitro benzene ring substituents is 1. The smallest absolute Gasteiger partial charge is 0.274 e. The van der Waals surface area contributed by atoms with Crippen LogP contribution in [0.5, 0.6) is 0 Å². The molecule has 2 rings (SSSR count). The van der Waals surface area contributed by atoms with Crippen molar-refractivity contribution < 1.29 is 13.7 Å². The molecule has 1 unspecified atom stereocenters. The highest BCUT2D eigenvalue weighted by molar-refractivity contribution is 5.52. The summed E-state index contributed by atoms with van der Waals surface area (Å²) in [5.74, 6) is -0.971. The second-order valence-electron chi connectivity index (χ2n) is 4.83. The molecule has 4 nitrogen and oxygen atoms in total. The van der Waals surface area contributed by atoms with Gasteiger partial charge in [0.1, 0.15) is 11.6 Å². The summed E-state index contributed by atoms with van der Waals surface area (Å²) < 4.78 is 26.1. The zero-order valence-electron chi connectivity index (χ0n) is 11.3. The van der Waals surface area contributed by atoms with Crippen molar-refractivity contribution in [3.05, 3.63) is 69.8 Å². The number of rotatable bonds is 5. The van der Waals surface area contributed by atoms with Crippen molar-refractivity contribution >= 4 is 11.4 Å². The number of hydrogen-bond acceptors (Lipinski definition) is 3.